The number of nitrogens with one attached hydrogen (secondary N) is 1. The molecule has 0 amide bonds. The SMILES string of the molecule is CCCC1(CNCc2ncc(C)c([N+](=O)[O-])c2C)CC1. The number of nitrogens with zero attached hydrogens (tertiary/aromatic N) is 2. The van der Waals surface area contributed by atoms with Crippen molar-refractivity contribution in [3.05, 3.63) is 33.1 Å². The molecule has 0 aromatic carbocycles. The summed E-state index contributed by atoms with van der Waals surface area (Å²) in [6.45, 7) is 7.33. The van der Waals surface area contributed by atoms with Crippen molar-refractivity contribution in [3.63, 3.8) is 0 Å². The fourth-order valence-corrected chi connectivity index (χ4v) is 2.89. The van der Waals surface area contributed by atoms with Gasteiger partial charge in [0.05, 0.1) is 10.6 Å². The third-order valence-corrected chi connectivity index (χ3v) is 4.29. The molecule has 0 atom stereocenters. The van der Waals surface area contributed by atoms with Crippen molar-refractivity contribution in [3.8, 4) is 0 Å². The molecule has 1 N–H and O–H groups in total. The van der Waals surface area contributed by atoms with Crippen molar-refractivity contribution in [2.75, 3.05) is 6.54 Å². The molecule has 1 heterocycles. The minimum absolute atomic E-state index is 0.200. The monoisotopic (exact) mass is 277 g/mol. The third kappa shape index (κ3) is 3.15. The van der Waals surface area contributed by atoms with E-state index in [9.17, 15) is 10.1 Å². The average Bonchev–Trinajstić information content (AvgIpc) is 3.12. The van der Waals surface area contributed by atoms with Crippen molar-refractivity contribution in [1.29, 1.82) is 0 Å². The van der Waals surface area contributed by atoms with E-state index in [4.69, 9.17) is 0 Å². The summed E-state index contributed by atoms with van der Waals surface area (Å²) in [6.07, 6.45) is 6.68. The lowest BCUT2D eigenvalue weighted by Gasteiger charge is -2.15. The second-order valence-electron chi connectivity index (χ2n) is 5.97. The quantitative estimate of drug-likeness (QED) is 0.613. The van der Waals surface area contributed by atoms with Crippen LogP contribution in [-0.4, -0.2) is 16.5 Å². The Kier molecular flexibility index (Phi) is 4.38. The highest BCUT2D eigenvalue weighted by atomic mass is 16.6. The van der Waals surface area contributed by atoms with E-state index in [1.165, 1.54) is 25.7 Å². The van der Waals surface area contributed by atoms with E-state index < -0.39 is 0 Å². The first kappa shape index (κ1) is 14.9. The van der Waals surface area contributed by atoms with Crippen LogP contribution in [0.3, 0.4) is 0 Å². The summed E-state index contributed by atoms with van der Waals surface area (Å²) in [7, 11) is 0. The van der Waals surface area contributed by atoms with Crippen LogP contribution in [0.2, 0.25) is 0 Å². The average molecular weight is 277 g/mol. The zero-order valence-corrected chi connectivity index (χ0v) is 12.5. The lowest BCUT2D eigenvalue weighted by molar-refractivity contribution is -0.386. The maximum Gasteiger partial charge on any atom is 0.278 e. The smallest absolute Gasteiger partial charge is 0.278 e. The number of hydrogen-bond donors (Lipinski definition) is 1. The first-order chi connectivity index (χ1) is 9.49. The lowest BCUT2D eigenvalue weighted by Crippen LogP contribution is -2.24. The molecule has 1 aromatic rings. The molecule has 20 heavy (non-hydrogen) atoms. The maximum atomic E-state index is 11.1. The minimum Gasteiger partial charge on any atom is -0.311 e. The highest BCUT2D eigenvalue weighted by molar-refractivity contribution is 5.47. The molecule has 1 aromatic heterocycles. The standard InChI is InChI=1S/C15H23N3O2/c1-4-5-15(6-7-15)10-16-9-13-12(3)14(18(19)20)11(2)8-17-13/h8,16H,4-7,9-10H2,1-3H3. The molecule has 0 saturated heterocycles. The molecule has 0 radical (unpaired) electrons. The van der Waals surface area contributed by atoms with Crippen molar-refractivity contribution < 1.29 is 4.92 Å². The fraction of sp³-hybridized carbons (Fsp3) is 0.667. The van der Waals surface area contributed by atoms with Crippen molar-refractivity contribution in [2.24, 2.45) is 5.41 Å². The van der Waals surface area contributed by atoms with Gasteiger partial charge in [0.2, 0.25) is 0 Å². The third-order valence-electron chi connectivity index (χ3n) is 4.29. The van der Waals surface area contributed by atoms with Gasteiger partial charge in [-0.15, -0.1) is 0 Å². The molecule has 1 saturated carbocycles. The fourth-order valence-electron chi connectivity index (χ4n) is 2.89. The Morgan fingerprint density at radius 2 is 2.15 bits per heavy atom. The van der Waals surface area contributed by atoms with E-state index in [1.54, 1.807) is 20.0 Å². The Morgan fingerprint density at radius 3 is 2.70 bits per heavy atom. The van der Waals surface area contributed by atoms with Crippen molar-refractivity contribution in [1.82, 2.24) is 10.3 Å². The van der Waals surface area contributed by atoms with Gasteiger partial charge in [-0.05, 0) is 38.5 Å². The summed E-state index contributed by atoms with van der Waals surface area (Å²) in [5.74, 6) is 0. The number of aryl methyl sites for hydroxylation is 1. The Labute approximate surface area is 119 Å². The number of pyridine rings is 1. The molecular weight excluding hydrogens is 254 g/mol. The predicted molar refractivity (Wildman–Crippen MR) is 78.6 cm³/mol. The number of hydrogen-bond acceptors (Lipinski definition) is 4. The van der Waals surface area contributed by atoms with Crippen LogP contribution in [0.15, 0.2) is 6.20 Å². The van der Waals surface area contributed by atoms with Crippen LogP contribution < -0.4 is 5.32 Å². The van der Waals surface area contributed by atoms with Crippen LogP contribution in [0.1, 0.15) is 49.4 Å². The predicted octanol–water partition coefficient (Wildman–Crippen LogP) is 3.28. The summed E-state index contributed by atoms with van der Waals surface area (Å²) < 4.78 is 0. The lowest BCUT2D eigenvalue weighted by atomic mass is 10.0. The molecule has 0 unspecified atom stereocenters. The van der Waals surface area contributed by atoms with E-state index >= 15 is 0 Å². The van der Waals surface area contributed by atoms with Crippen molar-refractivity contribution in [2.45, 2.75) is 53.0 Å². The molecule has 5 heteroatoms. The molecule has 1 aliphatic carbocycles. The molecule has 5 nitrogen and oxygen atoms in total. The molecule has 1 aliphatic rings. The van der Waals surface area contributed by atoms with Crippen molar-refractivity contribution >= 4 is 5.69 Å². The van der Waals surface area contributed by atoms with E-state index in [2.05, 4.69) is 17.2 Å². The zero-order chi connectivity index (χ0) is 14.8. The largest absolute Gasteiger partial charge is 0.311 e. The summed E-state index contributed by atoms with van der Waals surface area (Å²) in [5, 5.41) is 14.5. The first-order valence-electron chi connectivity index (χ1n) is 7.29. The molecule has 0 aliphatic heterocycles. The summed E-state index contributed by atoms with van der Waals surface area (Å²) in [6, 6.07) is 0. The van der Waals surface area contributed by atoms with Gasteiger partial charge < -0.3 is 5.32 Å². The zero-order valence-electron chi connectivity index (χ0n) is 12.5. The van der Waals surface area contributed by atoms with Gasteiger partial charge in [-0.1, -0.05) is 13.3 Å². The van der Waals surface area contributed by atoms with Crippen LogP contribution in [0.5, 0.6) is 0 Å². The Hall–Kier alpha value is -1.49. The van der Waals surface area contributed by atoms with Gasteiger partial charge in [-0.25, -0.2) is 0 Å². The molecule has 0 spiro atoms. The Morgan fingerprint density at radius 1 is 1.45 bits per heavy atom. The summed E-state index contributed by atoms with van der Waals surface area (Å²) in [4.78, 5) is 15.1. The topological polar surface area (TPSA) is 68.1 Å². The van der Waals surface area contributed by atoms with Gasteiger partial charge in [-0.2, -0.15) is 0 Å². The molecule has 1 fully saturated rings. The van der Waals surface area contributed by atoms with Crippen LogP contribution in [-0.2, 0) is 6.54 Å². The Balaban J connectivity index is 2.00. The summed E-state index contributed by atoms with van der Waals surface area (Å²) in [5.41, 5.74) is 2.78. The van der Waals surface area contributed by atoms with Gasteiger partial charge in [0.25, 0.3) is 5.69 Å². The molecule has 110 valence electrons. The number of nitro groups is 1. The van der Waals surface area contributed by atoms with Gasteiger partial charge >= 0.3 is 0 Å². The van der Waals surface area contributed by atoms with Crippen LogP contribution in [0.25, 0.3) is 0 Å². The van der Waals surface area contributed by atoms with Crippen LogP contribution >= 0.6 is 0 Å². The first-order valence-corrected chi connectivity index (χ1v) is 7.29. The molecule has 2 rings (SSSR count). The van der Waals surface area contributed by atoms with E-state index in [-0.39, 0.29) is 10.6 Å². The van der Waals surface area contributed by atoms with Gasteiger partial charge in [0.1, 0.15) is 0 Å². The number of aromatic nitrogens is 1. The minimum atomic E-state index is -0.310. The second-order valence-corrected chi connectivity index (χ2v) is 5.97. The van der Waals surface area contributed by atoms with Crippen LogP contribution in [0.4, 0.5) is 5.69 Å². The summed E-state index contributed by atoms with van der Waals surface area (Å²) >= 11 is 0. The van der Waals surface area contributed by atoms with Gasteiger partial charge in [0.15, 0.2) is 0 Å². The van der Waals surface area contributed by atoms with Gasteiger partial charge in [0, 0.05) is 30.4 Å². The van der Waals surface area contributed by atoms with Crippen LogP contribution in [0, 0.1) is 29.4 Å². The Bertz CT molecular complexity index is 510. The maximum absolute atomic E-state index is 11.1. The normalized spacial score (nSPS) is 16.1. The van der Waals surface area contributed by atoms with E-state index in [0.29, 0.717) is 23.1 Å². The molecule has 0 bridgehead atoms. The second kappa shape index (κ2) is 5.87. The van der Waals surface area contributed by atoms with E-state index in [0.717, 1.165) is 12.2 Å². The highest BCUT2D eigenvalue weighted by Crippen LogP contribution is 2.48. The van der Waals surface area contributed by atoms with E-state index in [1.807, 2.05) is 0 Å². The van der Waals surface area contributed by atoms with Gasteiger partial charge in [-0.3, -0.25) is 15.1 Å². The highest BCUT2D eigenvalue weighted by Gasteiger charge is 2.40. The molecular formula is C15H23N3O2. The number of rotatable bonds is 7.